The summed E-state index contributed by atoms with van der Waals surface area (Å²) in [5.41, 5.74) is 2.90. The Morgan fingerprint density at radius 3 is 2.72 bits per heavy atom. The van der Waals surface area contributed by atoms with Gasteiger partial charge in [0.25, 0.3) is 5.91 Å². The van der Waals surface area contributed by atoms with E-state index in [-0.39, 0.29) is 10.8 Å². The summed E-state index contributed by atoms with van der Waals surface area (Å²) in [4.78, 5) is 16.7. The van der Waals surface area contributed by atoms with Gasteiger partial charge in [-0.1, -0.05) is 6.07 Å². The molecular weight excluding hydrogens is 338 g/mol. The number of carbonyl (C=O) groups is 1. The topological polar surface area (TPSA) is 102 Å². The van der Waals surface area contributed by atoms with E-state index in [2.05, 4.69) is 10.3 Å². The average molecular weight is 359 g/mol. The van der Waals surface area contributed by atoms with Gasteiger partial charge in [-0.25, -0.2) is 13.6 Å². The number of hydrogen-bond acceptors (Lipinski definition) is 4. The molecule has 0 atom stereocenters. The lowest BCUT2D eigenvalue weighted by molar-refractivity contribution is 0.0953. The molecule has 0 fully saturated rings. The van der Waals surface area contributed by atoms with Crippen LogP contribution in [0.15, 0.2) is 41.4 Å². The van der Waals surface area contributed by atoms with Crippen LogP contribution >= 0.6 is 0 Å². The molecule has 132 valence electrons. The molecule has 1 heterocycles. The predicted molar refractivity (Wildman–Crippen MR) is 94.7 cm³/mol. The molecule has 7 heteroatoms. The van der Waals surface area contributed by atoms with Crippen molar-refractivity contribution in [3.05, 3.63) is 58.9 Å². The van der Waals surface area contributed by atoms with Crippen LogP contribution in [0.4, 0.5) is 0 Å². The fourth-order valence-electron chi connectivity index (χ4n) is 3.16. The Kier molecular flexibility index (Phi) is 5.15. The van der Waals surface area contributed by atoms with Gasteiger partial charge in [0.05, 0.1) is 4.90 Å². The highest BCUT2D eigenvalue weighted by Gasteiger charge is 2.22. The number of carbonyl (C=O) groups excluding carboxylic acids is 1. The predicted octanol–water partition coefficient (Wildman–Crippen LogP) is 1.58. The van der Waals surface area contributed by atoms with Crippen LogP contribution in [0.1, 0.15) is 40.0 Å². The number of benzene rings is 1. The van der Waals surface area contributed by atoms with Crippen molar-refractivity contribution in [2.45, 2.75) is 37.0 Å². The molecule has 25 heavy (non-hydrogen) atoms. The van der Waals surface area contributed by atoms with Crippen molar-refractivity contribution in [2.75, 3.05) is 6.54 Å². The van der Waals surface area contributed by atoms with Gasteiger partial charge >= 0.3 is 0 Å². The summed E-state index contributed by atoms with van der Waals surface area (Å²) in [7, 11) is -3.85. The molecule has 0 bridgehead atoms. The largest absolute Gasteiger partial charge is 0.352 e. The van der Waals surface area contributed by atoms with Crippen LogP contribution in [-0.2, 0) is 29.3 Å². The standard InChI is InChI=1S/C18H21N3O3S/c19-25(23,24)17-12-14(11-13-5-1-2-7-16(13)17)18(22)21-10-8-15-6-3-4-9-20-15/h3-4,6,9,11-12H,1-2,5,7-8,10H2,(H,21,22)(H2,19,23,24). The smallest absolute Gasteiger partial charge is 0.251 e. The molecule has 0 aliphatic heterocycles. The maximum absolute atomic E-state index is 12.4. The summed E-state index contributed by atoms with van der Waals surface area (Å²) in [6, 6.07) is 8.81. The number of fused-ring (bicyclic) bond motifs is 1. The fraction of sp³-hybridized carbons (Fsp3) is 0.333. The monoisotopic (exact) mass is 359 g/mol. The normalized spacial score (nSPS) is 14.0. The van der Waals surface area contributed by atoms with Gasteiger partial charge in [-0.3, -0.25) is 9.78 Å². The molecule has 2 aromatic rings. The second-order valence-corrected chi connectivity index (χ2v) is 7.72. The van der Waals surface area contributed by atoms with Crippen LogP contribution < -0.4 is 10.5 Å². The molecule has 0 unspecified atom stereocenters. The van der Waals surface area contributed by atoms with E-state index in [0.717, 1.165) is 36.1 Å². The number of aromatic nitrogens is 1. The van der Waals surface area contributed by atoms with E-state index in [0.29, 0.717) is 24.9 Å². The van der Waals surface area contributed by atoms with Crippen LogP contribution in [0, 0.1) is 0 Å². The number of primary sulfonamides is 1. The Labute approximate surface area is 147 Å². The number of rotatable bonds is 5. The summed E-state index contributed by atoms with van der Waals surface area (Å²) in [6.45, 7) is 0.428. The van der Waals surface area contributed by atoms with E-state index < -0.39 is 10.0 Å². The van der Waals surface area contributed by atoms with Gasteiger partial charge < -0.3 is 5.32 Å². The van der Waals surface area contributed by atoms with Crippen molar-refractivity contribution in [2.24, 2.45) is 5.14 Å². The van der Waals surface area contributed by atoms with Crippen LogP contribution in [0.2, 0.25) is 0 Å². The second kappa shape index (κ2) is 7.33. The number of hydrogen-bond donors (Lipinski definition) is 2. The Hall–Kier alpha value is -2.25. The SMILES string of the molecule is NS(=O)(=O)c1cc(C(=O)NCCc2ccccn2)cc2c1CCCC2. The molecular formula is C18H21N3O3S. The highest BCUT2D eigenvalue weighted by atomic mass is 32.2. The lowest BCUT2D eigenvalue weighted by Gasteiger charge is -2.20. The van der Waals surface area contributed by atoms with Gasteiger partial charge in [-0.15, -0.1) is 0 Å². The van der Waals surface area contributed by atoms with Gasteiger partial charge in [0.2, 0.25) is 10.0 Å². The molecule has 3 N–H and O–H groups in total. The quantitative estimate of drug-likeness (QED) is 0.846. The van der Waals surface area contributed by atoms with E-state index in [4.69, 9.17) is 5.14 Å². The minimum Gasteiger partial charge on any atom is -0.352 e. The zero-order chi connectivity index (χ0) is 17.9. The van der Waals surface area contributed by atoms with Crippen LogP contribution in [0.25, 0.3) is 0 Å². The van der Waals surface area contributed by atoms with Gasteiger partial charge in [0, 0.05) is 30.4 Å². The summed E-state index contributed by atoms with van der Waals surface area (Å²) in [5, 5.41) is 8.18. The molecule has 1 aliphatic rings. The van der Waals surface area contributed by atoms with Gasteiger partial charge in [0.1, 0.15) is 0 Å². The summed E-state index contributed by atoms with van der Waals surface area (Å²) >= 11 is 0. The molecule has 0 saturated carbocycles. The third kappa shape index (κ3) is 4.24. The van der Waals surface area contributed by atoms with Crippen molar-refractivity contribution in [3.8, 4) is 0 Å². The van der Waals surface area contributed by atoms with Crippen LogP contribution in [-0.4, -0.2) is 25.9 Å². The van der Waals surface area contributed by atoms with E-state index in [1.807, 2.05) is 18.2 Å². The van der Waals surface area contributed by atoms with Gasteiger partial charge in [0.15, 0.2) is 0 Å². The highest BCUT2D eigenvalue weighted by Crippen LogP contribution is 2.28. The van der Waals surface area contributed by atoms with Gasteiger partial charge in [-0.05, 0) is 61.1 Å². The Morgan fingerprint density at radius 1 is 1.20 bits per heavy atom. The minimum atomic E-state index is -3.85. The number of aryl methyl sites for hydroxylation is 1. The number of nitrogens with two attached hydrogens (primary N) is 1. The first-order valence-electron chi connectivity index (χ1n) is 8.32. The zero-order valence-electron chi connectivity index (χ0n) is 13.9. The molecule has 0 spiro atoms. The highest BCUT2D eigenvalue weighted by molar-refractivity contribution is 7.89. The lowest BCUT2D eigenvalue weighted by Crippen LogP contribution is -2.27. The number of amides is 1. The number of nitrogens with one attached hydrogen (secondary N) is 1. The second-order valence-electron chi connectivity index (χ2n) is 6.19. The fourth-order valence-corrected chi connectivity index (χ4v) is 4.03. The average Bonchev–Trinajstić information content (AvgIpc) is 2.60. The Bertz CT molecular complexity index is 880. The lowest BCUT2D eigenvalue weighted by atomic mass is 9.90. The molecule has 0 radical (unpaired) electrons. The van der Waals surface area contributed by atoms with Crippen molar-refractivity contribution in [3.63, 3.8) is 0 Å². The third-order valence-corrected chi connectivity index (χ3v) is 5.36. The molecule has 0 saturated heterocycles. The maximum Gasteiger partial charge on any atom is 0.251 e. The maximum atomic E-state index is 12.4. The third-order valence-electron chi connectivity index (χ3n) is 4.39. The molecule has 6 nitrogen and oxygen atoms in total. The van der Waals surface area contributed by atoms with Crippen LogP contribution in [0.3, 0.4) is 0 Å². The number of nitrogens with zero attached hydrogens (tertiary/aromatic N) is 1. The van der Waals surface area contributed by atoms with Crippen molar-refractivity contribution in [1.29, 1.82) is 0 Å². The van der Waals surface area contributed by atoms with Crippen molar-refractivity contribution < 1.29 is 13.2 Å². The summed E-state index contributed by atoms with van der Waals surface area (Å²) in [5.74, 6) is -0.297. The summed E-state index contributed by atoms with van der Waals surface area (Å²) in [6.07, 6.45) is 5.70. The van der Waals surface area contributed by atoms with Crippen molar-refractivity contribution >= 4 is 15.9 Å². The minimum absolute atomic E-state index is 0.0829. The molecule has 3 rings (SSSR count). The van der Waals surface area contributed by atoms with Crippen LogP contribution in [0.5, 0.6) is 0 Å². The van der Waals surface area contributed by atoms with Crippen molar-refractivity contribution in [1.82, 2.24) is 10.3 Å². The molecule has 1 aliphatic carbocycles. The van der Waals surface area contributed by atoms with Gasteiger partial charge in [-0.2, -0.15) is 0 Å². The number of pyridine rings is 1. The first kappa shape index (κ1) is 17.6. The molecule has 1 aromatic carbocycles. The zero-order valence-corrected chi connectivity index (χ0v) is 14.7. The summed E-state index contributed by atoms with van der Waals surface area (Å²) < 4.78 is 23.8. The molecule has 1 aromatic heterocycles. The van der Waals surface area contributed by atoms with E-state index in [1.54, 1.807) is 12.3 Å². The Morgan fingerprint density at radius 2 is 2.00 bits per heavy atom. The first-order chi connectivity index (χ1) is 11.9. The van der Waals surface area contributed by atoms with E-state index in [9.17, 15) is 13.2 Å². The first-order valence-corrected chi connectivity index (χ1v) is 9.86. The van der Waals surface area contributed by atoms with E-state index in [1.165, 1.54) is 6.07 Å². The number of sulfonamides is 1. The molecule has 1 amide bonds. The van der Waals surface area contributed by atoms with E-state index >= 15 is 0 Å². The Balaban J connectivity index is 1.78.